The highest BCUT2D eigenvalue weighted by atomic mass is 16.6. The number of esters is 3. The highest BCUT2D eigenvalue weighted by Gasteiger charge is 2.19. The molecule has 0 aromatic heterocycles. The molecule has 1 atom stereocenters. The van der Waals surface area contributed by atoms with E-state index in [1.54, 1.807) is 0 Å². The van der Waals surface area contributed by atoms with E-state index in [0.29, 0.717) is 19.3 Å². The van der Waals surface area contributed by atoms with Gasteiger partial charge < -0.3 is 14.2 Å². The molecule has 1 unspecified atom stereocenters. The minimum absolute atomic E-state index is 0.0729. The van der Waals surface area contributed by atoms with Crippen molar-refractivity contribution >= 4 is 17.9 Å². The van der Waals surface area contributed by atoms with Gasteiger partial charge in [-0.25, -0.2) is 0 Å². The number of carbonyl (C=O) groups excluding carboxylic acids is 3. The predicted molar refractivity (Wildman–Crippen MR) is 358 cm³/mol. The van der Waals surface area contributed by atoms with Gasteiger partial charge in [-0.1, -0.05) is 345 Å². The Bertz CT molecular complexity index is 1410. The summed E-state index contributed by atoms with van der Waals surface area (Å²) >= 11 is 0. The van der Waals surface area contributed by atoms with Crippen LogP contribution < -0.4 is 0 Å². The Hall–Kier alpha value is -2.63. The number of carbonyl (C=O) groups is 3. The third kappa shape index (κ3) is 68.2. The molecule has 0 rings (SSSR count). The molecule has 0 radical (unpaired) electrons. The summed E-state index contributed by atoms with van der Waals surface area (Å²) in [5.74, 6) is -0.860. The molecule has 6 nitrogen and oxygen atoms in total. The van der Waals surface area contributed by atoms with Crippen LogP contribution >= 0.6 is 0 Å². The van der Waals surface area contributed by atoms with Crippen LogP contribution in [0.5, 0.6) is 0 Å². The van der Waals surface area contributed by atoms with Crippen molar-refractivity contribution in [1.29, 1.82) is 0 Å². The molecule has 0 N–H and O–H groups in total. The zero-order chi connectivity index (χ0) is 59.2. The van der Waals surface area contributed by atoms with Crippen LogP contribution in [0.4, 0.5) is 0 Å². The molecule has 0 heterocycles. The van der Waals surface area contributed by atoms with E-state index in [0.717, 1.165) is 89.9 Å². The summed E-state index contributed by atoms with van der Waals surface area (Å²) in [6, 6.07) is 0. The van der Waals surface area contributed by atoms with Gasteiger partial charge >= 0.3 is 17.9 Å². The number of rotatable bonds is 68. The first-order valence-electron chi connectivity index (χ1n) is 36.6. The quantitative estimate of drug-likeness (QED) is 0.0261. The minimum atomic E-state index is -0.777. The van der Waals surface area contributed by atoms with Gasteiger partial charge in [0.25, 0.3) is 0 Å². The van der Waals surface area contributed by atoms with Crippen LogP contribution in [0.2, 0.25) is 0 Å². The van der Waals surface area contributed by atoms with Crippen LogP contribution in [0.3, 0.4) is 0 Å². The lowest BCUT2D eigenvalue weighted by molar-refractivity contribution is -0.167. The Morgan fingerprint density at radius 3 is 0.695 bits per heavy atom. The zero-order valence-electron chi connectivity index (χ0n) is 55.3. The van der Waals surface area contributed by atoms with Crippen molar-refractivity contribution in [2.45, 2.75) is 406 Å². The molecule has 0 saturated heterocycles. The van der Waals surface area contributed by atoms with Crippen LogP contribution in [0.15, 0.2) is 48.6 Å². The van der Waals surface area contributed by atoms with Crippen molar-refractivity contribution in [2.24, 2.45) is 0 Å². The first-order chi connectivity index (χ1) is 40.5. The second-order valence-electron chi connectivity index (χ2n) is 24.9. The van der Waals surface area contributed by atoms with Crippen molar-refractivity contribution in [3.8, 4) is 0 Å². The summed E-state index contributed by atoms with van der Waals surface area (Å²) in [5, 5.41) is 0. The summed E-state index contributed by atoms with van der Waals surface area (Å²) in [6.07, 6.45) is 90.2. The number of unbranched alkanes of at least 4 members (excludes halogenated alkanes) is 49. The number of hydrogen-bond donors (Lipinski definition) is 0. The first-order valence-corrected chi connectivity index (χ1v) is 36.6. The van der Waals surface area contributed by atoms with Crippen LogP contribution in [0.1, 0.15) is 400 Å². The van der Waals surface area contributed by atoms with E-state index < -0.39 is 6.10 Å². The minimum Gasteiger partial charge on any atom is -0.462 e. The summed E-state index contributed by atoms with van der Waals surface area (Å²) in [6.45, 7) is 6.65. The average Bonchev–Trinajstić information content (AvgIpc) is 3.47. The standard InChI is InChI=1S/C76H140O6/c1-4-7-10-13-16-19-22-25-28-29-30-31-32-33-34-35-36-37-38-39-40-41-42-43-44-45-46-47-49-51-54-57-60-63-66-69-75(78)81-72-73(71-80-74(77)68-65-62-59-56-53-50-27-24-21-18-15-12-9-6-3)82-76(79)70-67-64-61-58-55-52-48-26-23-20-17-14-11-8-5-2/h17,20,22,25-26,29-30,48,73H,4-16,18-19,21,23-24,27-28,31-47,49-72H2,1-3H3/b20-17-,25-22-,30-29-,48-26-. The number of hydrogen-bond acceptors (Lipinski definition) is 6. The van der Waals surface area contributed by atoms with Crippen molar-refractivity contribution in [3.63, 3.8) is 0 Å². The molecule has 0 aliphatic carbocycles. The van der Waals surface area contributed by atoms with Gasteiger partial charge in [0.1, 0.15) is 13.2 Å². The van der Waals surface area contributed by atoms with E-state index in [4.69, 9.17) is 14.2 Å². The maximum absolute atomic E-state index is 12.9. The Balaban J connectivity index is 4.07. The van der Waals surface area contributed by atoms with E-state index in [-0.39, 0.29) is 31.1 Å². The van der Waals surface area contributed by atoms with E-state index in [2.05, 4.69) is 69.4 Å². The molecule has 0 fully saturated rings. The third-order valence-corrected chi connectivity index (χ3v) is 16.6. The molecule has 480 valence electrons. The summed E-state index contributed by atoms with van der Waals surface area (Å²) < 4.78 is 17.0. The highest BCUT2D eigenvalue weighted by molar-refractivity contribution is 5.71. The molecule has 0 aliphatic heterocycles. The van der Waals surface area contributed by atoms with Crippen molar-refractivity contribution in [2.75, 3.05) is 13.2 Å². The van der Waals surface area contributed by atoms with Gasteiger partial charge in [-0.05, 0) is 83.5 Å². The Labute approximate surface area is 511 Å². The van der Waals surface area contributed by atoms with E-state index >= 15 is 0 Å². The predicted octanol–water partition coefficient (Wildman–Crippen LogP) is 25.3. The molecule has 0 bridgehead atoms. The number of allylic oxidation sites excluding steroid dienone is 8. The topological polar surface area (TPSA) is 78.9 Å². The van der Waals surface area contributed by atoms with Gasteiger partial charge in [-0.3, -0.25) is 14.4 Å². The molecule has 0 aromatic carbocycles. The van der Waals surface area contributed by atoms with Crippen molar-refractivity contribution < 1.29 is 28.6 Å². The van der Waals surface area contributed by atoms with E-state index in [1.807, 2.05) is 0 Å². The summed E-state index contributed by atoms with van der Waals surface area (Å²) in [5.41, 5.74) is 0. The summed E-state index contributed by atoms with van der Waals surface area (Å²) in [4.78, 5) is 38.4. The van der Waals surface area contributed by atoms with Crippen LogP contribution in [0.25, 0.3) is 0 Å². The molecular weight excluding hydrogens is 1010 g/mol. The second-order valence-corrected chi connectivity index (χ2v) is 24.9. The lowest BCUT2D eigenvalue weighted by Gasteiger charge is -2.18. The largest absolute Gasteiger partial charge is 0.462 e. The Morgan fingerprint density at radius 2 is 0.439 bits per heavy atom. The van der Waals surface area contributed by atoms with E-state index in [9.17, 15) is 14.4 Å². The van der Waals surface area contributed by atoms with Crippen LogP contribution in [-0.4, -0.2) is 37.2 Å². The molecule has 6 heteroatoms. The molecule has 0 spiro atoms. The monoisotopic (exact) mass is 1150 g/mol. The first kappa shape index (κ1) is 79.4. The maximum atomic E-state index is 12.9. The molecule has 0 amide bonds. The lowest BCUT2D eigenvalue weighted by Crippen LogP contribution is -2.30. The van der Waals surface area contributed by atoms with Crippen LogP contribution in [-0.2, 0) is 28.6 Å². The average molecular weight is 1150 g/mol. The SMILES string of the molecule is CCCCC/C=C\C/C=C\CCCCCCCC(=O)OC(COC(=O)CCCCCCCCCCCCCCCC)COC(=O)CCCCCCCCCCCCCCCCCCCCCCCCC/C=C\C/C=C\CCCCCCC. The van der Waals surface area contributed by atoms with Crippen molar-refractivity contribution in [3.05, 3.63) is 48.6 Å². The van der Waals surface area contributed by atoms with E-state index in [1.165, 1.54) is 270 Å². The van der Waals surface area contributed by atoms with Crippen molar-refractivity contribution in [1.82, 2.24) is 0 Å². The maximum Gasteiger partial charge on any atom is 0.306 e. The fourth-order valence-corrected chi connectivity index (χ4v) is 11.0. The normalized spacial score (nSPS) is 12.3. The highest BCUT2D eigenvalue weighted by Crippen LogP contribution is 2.19. The molecular formula is C76H140O6. The van der Waals surface area contributed by atoms with Gasteiger partial charge in [0.15, 0.2) is 6.10 Å². The number of ether oxygens (including phenoxy) is 3. The zero-order valence-corrected chi connectivity index (χ0v) is 55.3. The molecule has 0 saturated carbocycles. The molecule has 82 heavy (non-hydrogen) atoms. The molecule has 0 aliphatic rings. The third-order valence-electron chi connectivity index (χ3n) is 16.6. The van der Waals surface area contributed by atoms with Crippen LogP contribution in [0, 0.1) is 0 Å². The lowest BCUT2D eigenvalue weighted by atomic mass is 10.0. The van der Waals surface area contributed by atoms with Gasteiger partial charge in [-0.15, -0.1) is 0 Å². The van der Waals surface area contributed by atoms with Gasteiger partial charge in [-0.2, -0.15) is 0 Å². The second kappa shape index (κ2) is 70.9. The Morgan fingerprint density at radius 1 is 0.244 bits per heavy atom. The summed E-state index contributed by atoms with van der Waals surface area (Å²) in [7, 11) is 0. The fraction of sp³-hybridized carbons (Fsp3) is 0.855. The molecule has 0 aromatic rings. The Kier molecular flexibility index (Phi) is 68.6. The fourth-order valence-electron chi connectivity index (χ4n) is 11.0. The van der Waals surface area contributed by atoms with Gasteiger partial charge in [0.05, 0.1) is 0 Å². The van der Waals surface area contributed by atoms with Gasteiger partial charge in [0, 0.05) is 19.3 Å². The van der Waals surface area contributed by atoms with Gasteiger partial charge in [0.2, 0.25) is 0 Å². The smallest absolute Gasteiger partial charge is 0.306 e.